The third-order valence-corrected chi connectivity index (χ3v) is 5.00. The molecule has 0 aliphatic rings. The number of aromatic carboxylic acids is 1. The minimum absolute atomic E-state index is 0.136. The Balaban J connectivity index is 1.99. The van der Waals surface area contributed by atoms with E-state index < -0.39 is 41.4 Å². The predicted octanol–water partition coefficient (Wildman–Crippen LogP) is 3.38. The van der Waals surface area contributed by atoms with Gasteiger partial charge in [0, 0.05) is 11.8 Å². The Labute approximate surface area is 165 Å². The van der Waals surface area contributed by atoms with Gasteiger partial charge in [-0.2, -0.15) is 13.2 Å². The molecule has 0 atom stereocenters. The van der Waals surface area contributed by atoms with Crippen LogP contribution < -0.4 is 10.9 Å². The maximum absolute atomic E-state index is 13.1. The summed E-state index contributed by atoms with van der Waals surface area (Å²) in [7, 11) is 0. The van der Waals surface area contributed by atoms with E-state index in [2.05, 4.69) is 10.3 Å². The van der Waals surface area contributed by atoms with Gasteiger partial charge in [0.1, 0.15) is 17.2 Å². The number of carboxylic acid groups (broad SMARTS) is 1. The molecular formula is C18H14F3N3O4S. The van der Waals surface area contributed by atoms with Crippen LogP contribution in [0.1, 0.15) is 28.7 Å². The van der Waals surface area contributed by atoms with Crippen LogP contribution in [0.2, 0.25) is 0 Å². The Hall–Kier alpha value is -3.21. The van der Waals surface area contributed by atoms with Gasteiger partial charge < -0.3 is 10.4 Å². The van der Waals surface area contributed by atoms with Crippen LogP contribution in [-0.2, 0) is 23.9 Å². The number of aryl methyl sites for hydroxylation is 1. The number of para-hydroxylation sites is 1. The number of aromatic nitrogens is 2. The summed E-state index contributed by atoms with van der Waals surface area (Å²) >= 11 is 0.990. The van der Waals surface area contributed by atoms with Crippen molar-refractivity contribution in [1.29, 1.82) is 0 Å². The van der Waals surface area contributed by atoms with Crippen molar-refractivity contribution in [2.75, 3.05) is 5.32 Å². The quantitative estimate of drug-likeness (QED) is 0.653. The van der Waals surface area contributed by atoms with E-state index in [4.69, 9.17) is 0 Å². The lowest BCUT2D eigenvalue weighted by Gasteiger charge is -2.15. The van der Waals surface area contributed by atoms with Crippen LogP contribution >= 0.6 is 11.3 Å². The summed E-state index contributed by atoms with van der Waals surface area (Å²) in [6.07, 6.45) is -4.40. The van der Waals surface area contributed by atoms with Gasteiger partial charge in [-0.05, 0) is 12.1 Å². The Morgan fingerprint density at radius 3 is 2.59 bits per heavy atom. The lowest BCUT2D eigenvalue weighted by molar-refractivity contribution is -0.137. The van der Waals surface area contributed by atoms with Gasteiger partial charge in [-0.1, -0.05) is 19.1 Å². The SMILES string of the molecule is CCc1nc2scc(C(=O)O)c2c(=O)n1CC(=O)Nc1ccccc1C(F)(F)F. The zero-order chi connectivity index (χ0) is 21.3. The number of thiophene rings is 1. The molecule has 11 heteroatoms. The van der Waals surface area contributed by atoms with Gasteiger partial charge in [0.2, 0.25) is 5.91 Å². The highest BCUT2D eigenvalue weighted by Crippen LogP contribution is 2.34. The Kier molecular flexibility index (Phi) is 5.42. The molecule has 0 aliphatic heterocycles. The molecule has 0 unspecified atom stereocenters. The first kappa shape index (κ1) is 20.5. The van der Waals surface area contributed by atoms with E-state index in [9.17, 15) is 32.7 Å². The number of nitrogens with zero attached hydrogens (tertiary/aromatic N) is 2. The molecule has 0 saturated carbocycles. The number of anilines is 1. The number of rotatable bonds is 5. The molecule has 152 valence electrons. The molecule has 29 heavy (non-hydrogen) atoms. The van der Waals surface area contributed by atoms with Crippen molar-refractivity contribution in [3.63, 3.8) is 0 Å². The fourth-order valence-corrected chi connectivity index (χ4v) is 3.75. The van der Waals surface area contributed by atoms with Gasteiger partial charge >= 0.3 is 12.1 Å². The normalized spacial score (nSPS) is 11.6. The fourth-order valence-electron chi connectivity index (χ4n) is 2.83. The first-order valence-electron chi connectivity index (χ1n) is 8.33. The maximum Gasteiger partial charge on any atom is 0.418 e. The van der Waals surface area contributed by atoms with Crippen LogP contribution in [0, 0.1) is 0 Å². The van der Waals surface area contributed by atoms with Crippen LogP contribution in [0.25, 0.3) is 10.2 Å². The third kappa shape index (κ3) is 3.99. The van der Waals surface area contributed by atoms with Crippen LogP contribution in [0.5, 0.6) is 0 Å². The number of benzene rings is 1. The Morgan fingerprint density at radius 1 is 1.28 bits per heavy atom. The van der Waals surface area contributed by atoms with Crippen molar-refractivity contribution < 1.29 is 27.9 Å². The summed E-state index contributed by atoms with van der Waals surface area (Å²) in [5.41, 5.74) is -2.42. The summed E-state index contributed by atoms with van der Waals surface area (Å²) in [5.74, 6) is -1.96. The summed E-state index contributed by atoms with van der Waals surface area (Å²) in [4.78, 5) is 41.0. The minimum Gasteiger partial charge on any atom is -0.478 e. The number of carbonyl (C=O) groups is 2. The second kappa shape index (κ2) is 7.66. The zero-order valence-electron chi connectivity index (χ0n) is 14.9. The van der Waals surface area contributed by atoms with Gasteiger partial charge in [-0.25, -0.2) is 9.78 Å². The standard InChI is InChI=1S/C18H14F3N3O4S/c1-2-12-23-15-14(9(8-29-15)17(27)28)16(26)24(12)7-13(25)22-11-6-4-3-5-10(11)18(19,20)21/h3-6,8H,2,7H2,1H3,(H,22,25)(H,27,28). The highest BCUT2D eigenvalue weighted by molar-refractivity contribution is 7.17. The van der Waals surface area contributed by atoms with E-state index in [0.29, 0.717) is 0 Å². The number of nitrogens with one attached hydrogen (secondary N) is 1. The first-order valence-corrected chi connectivity index (χ1v) is 9.21. The summed E-state index contributed by atoms with van der Waals surface area (Å²) in [5, 5.41) is 12.6. The average Bonchev–Trinajstić information content (AvgIpc) is 3.08. The first-order chi connectivity index (χ1) is 13.6. The van der Waals surface area contributed by atoms with Gasteiger partial charge in [-0.3, -0.25) is 14.2 Å². The zero-order valence-corrected chi connectivity index (χ0v) is 15.7. The number of carbonyl (C=O) groups excluding carboxylic acids is 1. The molecule has 1 amide bonds. The van der Waals surface area contributed by atoms with Gasteiger partial charge in [0.25, 0.3) is 5.56 Å². The van der Waals surface area contributed by atoms with E-state index in [1.54, 1.807) is 6.92 Å². The molecular weight excluding hydrogens is 411 g/mol. The van der Waals surface area contributed by atoms with Crippen LogP contribution in [-0.4, -0.2) is 26.5 Å². The smallest absolute Gasteiger partial charge is 0.418 e. The predicted molar refractivity (Wildman–Crippen MR) is 100 cm³/mol. The highest BCUT2D eigenvalue weighted by Gasteiger charge is 2.33. The van der Waals surface area contributed by atoms with Crippen molar-refractivity contribution in [3.05, 3.63) is 57.0 Å². The fraction of sp³-hybridized carbons (Fsp3) is 0.222. The van der Waals surface area contributed by atoms with E-state index in [1.807, 2.05) is 0 Å². The van der Waals surface area contributed by atoms with Crippen LogP contribution in [0.3, 0.4) is 0 Å². The van der Waals surface area contributed by atoms with E-state index >= 15 is 0 Å². The number of fused-ring (bicyclic) bond motifs is 1. The molecule has 2 N–H and O–H groups in total. The van der Waals surface area contributed by atoms with Crippen LogP contribution in [0.4, 0.5) is 18.9 Å². The van der Waals surface area contributed by atoms with E-state index in [1.165, 1.54) is 17.5 Å². The van der Waals surface area contributed by atoms with Gasteiger partial charge in [-0.15, -0.1) is 11.3 Å². The highest BCUT2D eigenvalue weighted by atomic mass is 32.1. The largest absolute Gasteiger partial charge is 0.478 e. The molecule has 3 aromatic rings. The summed E-state index contributed by atoms with van der Waals surface area (Å²) < 4.78 is 40.3. The molecule has 0 spiro atoms. The van der Waals surface area contributed by atoms with Crippen molar-refractivity contribution >= 4 is 39.1 Å². The third-order valence-electron chi connectivity index (χ3n) is 4.13. The second-order valence-corrected chi connectivity index (χ2v) is 6.86. The number of hydrogen-bond donors (Lipinski definition) is 2. The van der Waals surface area contributed by atoms with E-state index in [-0.39, 0.29) is 28.0 Å². The molecule has 0 fully saturated rings. The number of amides is 1. The van der Waals surface area contributed by atoms with Crippen molar-refractivity contribution in [2.24, 2.45) is 0 Å². The molecule has 2 aromatic heterocycles. The summed E-state index contributed by atoms with van der Waals surface area (Å²) in [6.45, 7) is 1.08. The van der Waals surface area contributed by atoms with Gasteiger partial charge in [0.05, 0.1) is 22.2 Å². The Morgan fingerprint density at radius 2 is 1.97 bits per heavy atom. The topological polar surface area (TPSA) is 101 Å². The monoisotopic (exact) mass is 425 g/mol. The maximum atomic E-state index is 13.1. The van der Waals surface area contributed by atoms with Gasteiger partial charge in [0.15, 0.2) is 0 Å². The van der Waals surface area contributed by atoms with Crippen LogP contribution in [0.15, 0.2) is 34.4 Å². The molecule has 7 nitrogen and oxygen atoms in total. The Bertz CT molecular complexity index is 1170. The molecule has 0 bridgehead atoms. The van der Waals surface area contributed by atoms with Crippen molar-refractivity contribution in [3.8, 4) is 0 Å². The summed E-state index contributed by atoms with van der Waals surface area (Å²) in [6, 6.07) is 4.47. The molecule has 0 radical (unpaired) electrons. The second-order valence-electron chi connectivity index (χ2n) is 6.00. The lowest BCUT2D eigenvalue weighted by Crippen LogP contribution is -2.31. The number of alkyl halides is 3. The molecule has 1 aromatic carbocycles. The molecule has 0 aliphatic carbocycles. The van der Waals surface area contributed by atoms with E-state index in [0.717, 1.165) is 28.0 Å². The molecule has 0 saturated heterocycles. The number of hydrogen-bond acceptors (Lipinski definition) is 5. The van der Waals surface area contributed by atoms with Crippen molar-refractivity contribution in [1.82, 2.24) is 9.55 Å². The number of halogens is 3. The lowest BCUT2D eigenvalue weighted by atomic mass is 10.1. The molecule has 3 rings (SSSR count). The average molecular weight is 425 g/mol. The number of carboxylic acids is 1. The molecule has 2 heterocycles. The minimum atomic E-state index is -4.66. The van der Waals surface area contributed by atoms with Crippen molar-refractivity contribution in [2.45, 2.75) is 26.1 Å².